The quantitative estimate of drug-likeness (QED) is 0.319. The van der Waals surface area contributed by atoms with Crippen LogP contribution in [-0.4, -0.2) is 59.9 Å². The minimum Gasteiger partial charge on any atom is -0.454 e. The molecule has 0 saturated carbocycles. The maximum absolute atomic E-state index is 13.9. The number of aryl methyl sites for hydroxylation is 1. The number of fused-ring (bicyclic) bond motifs is 2. The molecular formula is C33H32N4O5S. The maximum Gasteiger partial charge on any atom is 0.240 e. The molecule has 1 N–H and O–H groups in total. The molecule has 1 saturated heterocycles. The summed E-state index contributed by atoms with van der Waals surface area (Å²) < 4.78 is 18.8. The molecule has 2 amide bonds. The summed E-state index contributed by atoms with van der Waals surface area (Å²) in [6.45, 7) is 3.22. The Hall–Kier alpha value is -4.28. The zero-order valence-electron chi connectivity index (χ0n) is 23.8. The van der Waals surface area contributed by atoms with Gasteiger partial charge in [-0.1, -0.05) is 54.1 Å². The molecule has 1 aromatic heterocycles. The van der Waals surface area contributed by atoms with Crippen LogP contribution in [0, 0.1) is 6.92 Å². The summed E-state index contributed by atoms with van der Waals surface area (Å²) in [6.07, 6.45) is 1.92. The number of ether oxygens (including phenoxy) is 3. The van der Waals surface area contributed by atoms with Crippen LogP contribution >= 0.6 is 11.8 Å². The number of hydrogen-bond donors (Lipinski definition) is 1. The molecule has 4 heterocycles. The van der Waals surface area contributed by atoms with Crippen LogP contribution in [0.15, 0.2) is 72.8 Å². The van der Waals surface area contributed by atoms with Crippen LogP contribution in [0.4, 0.5) is 5.82 Å². The molecule has 0 aliphatic carbocycles. The van der Waals surface area contributed by atoms with E-state index in [1.165, 1.54) is 11.8 Å². The van der Waals surface area contributed by atoms with Crippen molar-refractivity contribution in [2.45, 2.75) is 31.1 Å². The number of aromatic nitrogens is 2. The van der Waals surface area contributed by atoms with Crippen molar-refractivity contribution in [3.63, 3.8) is 0 Å². The molecule has 3 aromatic carbocycles. The molecule has 3 aliphatic heterocycles. The van der Waals surface area contributed by atoms with Gasteiger partial charge in [0.05, 0.1) is 28.5 Å². The number of nitrogens with one attached hydrogen (secondary N) is 1. The number of rotatable bonds is 7. The first-order valence-corrected chi connectivity index (χ1v) is 15.6. The van der Waals surface area contributed by atoms with Gasteiger partial charge >= 0.3 is 0 Å². The molecule has 9 nitrogen and oxygen atoms in total. The molecule has 0 unspecified atom stereocenters. The second-order valence-corrected chi connectivity index (χ2v) is 12.0. The topological polar surface area (TPSA) is 94.9 Å². The molecular weight excluding hydrogens is 564 g/mol. The fourth-order valence-corrected chi connectivity index (χ4v) is 6.95. The van der Waals surface area contributed by atoms with Crippen molar-refractivity contribution in [3.05, 3.63) is 89.5 Å². The van der Waals surface area contributed by atoms with Crippen LogP contribution in [0.25, 0.3) is 16.9 Å². The van der Waals surface area contributed by atoms with Crippen molar-refractivity contribution >= 4 is 29.4 Å². The SMILES string of the molecule is Cc1ccc(-n2nc(-c3ccccc3)c3c2N(CC(=O)NC[C@H]2CCCO2)C(=O)CS[C@H]3c2ccc3c(c2)OCO3)cc1. The van der Waals surface area contributed by atoms with Crippen LogP contribution in [0.2, 0.25) is 0 Å². The van der Waals surface area contributed by atoms with E-state index in [4.69, 9.17) is 19.3 Å². The fourth-order valence-electron chi connectivity index (χ4n) is 5.77. The molecule has 43 heavy (non-hydrogen) atoms. The summed E-state index contributed by atoms with van der Waals surface area (Å²) >= 11 is 1.53. The monoisotopic (exact) mass is 596 g/mol. The summed E-state index contributed by atoms with van der Waals surface area (Å²) in [5.74, 6) is 1.76. The lowest BCUT2D eigenvalue weighted by atomic mass is 9.99. The van der Waals surface area contributed by atoms with Gasteiger partial charge < -0.3 is 19.5 Å². The van der Waals surface area contributed by atoms with Crippen LogP contribution < -0.4 is 19.7 Å². The Morgan fingerprint density at radius 3 is 2.65 bits per heavy atom. The Balaban J connectivity index is 1.38. The molecule has 4 aromatic rings. The summed E-state index contributed by atoms with van der Waals surface area (Å²) in [5.41, 5.74) is 5.43. The first kappa shape index (κ1) is 27.5. The lowest BCUT2D eigenvalue weighted by Gasteiger charge is -2.23. The summed E-state index contributed by atoms with van der Waals surface area (Å²) in [5, 5.41) is 7.89. The van der Waals surface area contributed by atoms with Crippen molar-refractivity contribution in [1.82, 2.24) is 15.1 Å². The van der Waals surface area contributed by atoms with E-state index in [2.05, 4.69) is 5.32 Å². The number of carbonyl (C=O) groups is 2. The highest BCUT2D eigenvalue weighted by Gasteiger charge is 2.38. The number of anilines is 1. The first-order valence-electron chi connectivity index (χ1n) is 14.5. The normalized spacial score (nSPS) is 19.3. The van der Waals surface area contributed by atoms with Crippen molar-refractivity contribution in [1.29, 1.82) is 0 Å². The molecule has 0 bridgehead atoms. The third-order valence-electron chi connectivity index (χ3n) is 7.97. The fraction of sp³-hybridized carbons (Fsp3) is 0.303. The highest BCUT2D eigenvalue weighted by Crippen LogP contribution is 2.50. The smallest absolute Gasteiger partial charge is 0.240 e. The van der Waals surface area contributed by atoms with Gasteiger partial charge in [-0.05, 0) is 49.6 Å². The van der Waals surface area contributed by atoms with Gasteiger partial charge in [0.15, 0.2) is 11.5 Å². The Morgan fingerprint density at radius 2 is 1.86 bits per heavy atom. The van der Waals surface area contributed by atoms with Crippen molar-refractivity contribution in [2.75, 3.05) is 37.1 Å². The lowest BCUT2D eigenvalue weighted by molar-refractivity contribution is -0.123. The molecule has 0 spiro atoms. The number of nitrogens with zero attached hydrogens (tertiary/aromatic N) is 3. The number of amides is 2. The lowest BCUT2D eigenvalue weighted by Crippen LogP contribution is -2.44. The van der Waals surface area contributed by atoms with Gasteiger partial charge in [-0.15, -0.1) is 11.8 Å². The van der Waals surface area contributed by atoms with E-state index < -0.39 is 0 Å². The molecule has 0 radical (unpaired) electrons. The third kappa shape index (κ3) is 5.48. The number of hydrogen-bond acceptors (Lipinski definition) is 7. The summed E-state index contributed by atoms with van der Waals surface area (Å²) in [7, 11) is 0. The second-order valence-electron chi connectivity index (χ2n) is 10.9. The Kier molecular flexibility index (Phi) is 7.54. The Bertz CT molecular complexity index is 1650. The Labute approximate surface area is 254 Å². The maximum atomic E-state index is 13.9. The van der Waals surface area contributed by atoms with Crippen LogP contribution in [0.1, 0.15) is 34.8 Å². The number of benzene rings is 3. The van der Waals surface area contributed by atoms with Gasteiger partial charge in [-0.3, -0.25) is 14.5 Å². The van der Waals surface area contributed by atoms with Crippen molar-refractivity contribution < 1.29 is 23.8 Å². The van der Waals surface area contributed by atoms with E-state index in [9.17, 15) is 9.59 Å². The van der Waals surface area contributed by atoms with E-state index in [-0.39, 0.29) is 42.3 Å². The molecule has 7 rings (SSSR count). The molecule has 3 aliphatic rings. The molecule has 10 heteroatoms. The molecule has 1 fully saturated rings. The Morgan fingerprint density at radius 1 is 1.05 bits per heavy atom. The highest BCUT2D eigenvalue weighted by atomic mass is 32.2. The second kappa shape index (κ2) is 11.8. The largest absolute Gasteiger partial charge is 0.454 e. The summed E-state index contributed by atoms with van der Waals surface area (Å²) in [4.78, 5) is 28.9. The zero-order chi connectivity index (χ0) is 29.3. The number of carbonyl (C=O) groups excluding carboxylic acids is 2. The van der Waals surface area contributed by atoms with Gasteiger partial charge in [-0.2, -0.15) is 5.10 Å². The number of thioether (sulfide) groups is 1. The van der Waals surface area contributed by atoms with Crippen LogP contribution in [-0.2, 0) is 14.3 Å². The first-order chi connectivity index (χ1) is 21.0. The van der Waals surface area contributed by atoms with E-state index in [0.717, 1.165) is 46.5 Å². The zero-order valence-corrected chi connectivity index (χ0v) is 24.6. The third-order valence-corrected chi connectivity index (χ3v) is 9.22. The van der Waals surface area contributed by atoms with Crippen molar-refractivity contribution in [2.24, 2.45) is 0 Å². The highest BCUT2D eigenvalue weighted by molar-refractivity contribution is 8.00. The standard InChI is InChI=1S/C33H32N4O5S/c1-21-9-12-24(13-10-21)37-33-30(31(35-37)22-6-3-2-4-7-22)32(23-11-14-26-27(16-23)42-20-41-26)43-19-29(39)36(33)18-28(38)34-17-25-8-5-15-40-25/h2-4,6-7,9-14,16,25,32H,5,8,15,17-20H2,1H3,(H,34,38)/t25-,32+/m1/s1. The molecule has 220 valence electrons. The predicted octanol–water partition coefficient (Wildman–Crippen LogP) is 5.04. The van der Waals surface area contributed by atoms with E-state index in [1.54, 1.807) is 4.90 Å². The van der Waals surface area contributed by atoms with E-state index >= 15 is 0 Å². The van der Waals surface area contributed by atoms with E-state index in [0.29, 0.717) is 30.5 Å². The van der Waals surface area contributed by atoms with E-state index in [1.807, 2.05) is 84.4 Å². The summed E-state index contributed by atoms with van der Waals surface area (Å²) in [6, 6.07) is 23.9. The van der Waals surface area contributed by atoms with Gasteiger partial charge in [0, 0.05) is 24.3 Å². The average molecular weight is 597 g/mol. The molecule has 2 atom stereocenters. The minimum absolute atomic E-state index is 0.00746. The predicted molar refractivity (Wildman–Crippen MR) is 165 cm³/mol. The van der Waals surface area contributed by atoms with Gasteiger partial charge in [0.25, 0.3) is 0 Å². The van der Waals surface area contributed by atoms with Crippen LogP contribution in [0.5, 0.6) is 11.5 Å². The van der Waals surface area contributed by atoms with Crippen LogP contribution in [0.3, 0.4) is 0 Å². The van der Waals surface area contributed by atoms with Crippen molar-refractivity contribution in [3.8, 4) is 28.4 Å². The average Bonchev–Trinajstić information content (AvgIpc) is 3.79. The van der Waals surface area contributed by atoms with Gasteiger partial charge in [-0.25, -0.2) is 4.68 Å². The van der Waals surface area contributed by atoms with Gasteiger partial charge in [0.1, 0.15) is 12.4 Å². The van der Waals surface area contributed by atoms with Gasteiger partial charge in [0.2, 0.25) is 18.6 Å². The minimum atomic E-state index is -0.261.